The van der Waals surface area contributed by atoms with Gasteiger partial charge >= 0.3 is 0 Å². The quantitative estimate of drug-likeness (QED) is 0.591. The summed E-state index contributed by atoms with van der Waals surface area (Å²) in [6.07, 6.45) is 0. The zero-order chi connectivity index (χ0) is 17.6. The van der Waals surface area contributed by atoms with Crippen LogP contribution >= 0.6 is 11.6 Å². The summed E-state index contributed by atoms with van der Waals surface area (Å²) < 4.78 is 32.7. The van der Waals surface area contributed by atoms with Crippen LogP contribution in [0, 0.1) is 10.2 Å². The third-order valence-electron chi connectivity index (χ3n) is 1.96. The molecule has 1 rings (SSSR count). The maximum atomic E-state index is 8.60. The van der Waals surface area contributed by atoms with Crippen LogP contribution in [-0.4, -0.2) is 16.0 Å². The van der Waals surface area contributed by atoms with Crippen LogP contribution in [0.25, 0.3) is 0 Å². The van der Waals surface area contributed by atoms with Crippen LogP contribution in [0.1, 0.15) is 27.7 Å². The van der Waals surface area contributed by atoms with E-state index in [0.29, 0.717) is 0 Å². The third-order valence-corrected chi connectivity index (χ3v) is 2.21. The van der Waals surface area contributed by atoms with Crippen LogP contribution < -0.4 is 19.3 Å². The van der Waals surface area contributed by atoms with E-state index in [-0.39, 0.29) is 5.54 Å². The Bertz CT molecular complexity index is 511. The molecule has 1 aromatic rings. The maximum Gasteiger partial charge on any atom is 0.128 e. The summed E-state index contributed by atoms with van der Waals surface area (Å²) in [5, 5.41) is 3.98. The van der Waals surface area contributed by atoms with Crippen LogP contribution in [0.15, 0.2) is 41.4 Å². The van der Waals surface area contributed by atoms with Gasteiger partial charge in [-0.2, -0.15) is 14.0 Å². The summed E-state index contributed by atoms with van der Waals surface area (Å²) in [5.41, 5.74) is 1.74. The lowest BCUT2D eigenvalue weighted by atomic mass is 10.1. The minimum absolute atomic E-state index is 0.131. The van der Waals surface area contributed by atoms with Crippen molar-refractivity contribution >= 4 is 23.1 Å². The SMILES string of the molecule is C=C(C)C(=NC(C)(C)C)Nc1ccc(Cl)cc1.[O-][Cl+3]([O-])([O-])O. The second-order valence-electron chi connectivity index (χ2n) is 5.44. The molecule has 0 aliphatic carbocycles. The van der Waals surface area contributed by atoms with Gasteiger partial charge in [0.1, 0.15) is 5.84 Å². The number of halogens is 2. The Morgan fingerprint density at radius 1 is 1.23 bits per heavy atom. The van der Waals surface area contributed by atoms with E-state index in [1.54, 1.807) is 0 Å². The van der Waals surface area contributed by atoms with Crippen molar-refractivity contribution in [2.45, 2.75) is 33.2 Å². The summed E-state index contributed by atoms with van der Waals surface area (Å²) >= 11 is 5.84. The molecule has 6 nitrogen and oxygen atoms in total. The molecular formula is C14H20Cl2N2O4. The van der Waals surface area contributed by atoms with Gasteiger partial charge in [-0.1, -0.05) is 18.2 Å². The summed E-state index contributed by atoms with van der Waals surface area (Å²) in [7, 11) is -4.69. The second kappa shape index (κ2) is 8.47. The molecule has 0 amide bonds. The highest BCUT2D eigenvalue weighted by Gasteiger charge is 2.10. The Morgan fingerprint density at radius 3 is 1.95 bits per heavy atom. The number of hydrogen-bond acceptors (Lipinski definition) is 5. The first-order valence-electron chi connectivity index (χ1n) is 6.19. The number of benzene rings is 1. The van der Waals surface area contributed by atoms with E-state index in [4.69, 9.17) is 30.2 Å². The molecule has 1 aromatic carbocycles. The van der Waals surface area contributed by atoms with Gasteiger partial charge in [0, 0.05) is 10.7 Å². The van der Waals surface area contributed by atoms with Crippen molar-refractivity contribution in [1.29, 1.82) is 0 Å². The molecule has 0 atom stereocenters. The van der Waals surface area contributed by atoms with Gasteiger partial charge in [-0.05, 0) is 57.5 Å². The minimum Gasteiger partial charge on any atom is -0.340 e. The Hall–Kier alpha value is -1.15. The topological polar surface area (TPSA) is 114 Å². The fourth-order valence-electron chi connectivity index (χ4n) is 1.24. The average Bonchev–Trinajstić information content (AvgIpc) is 2.27. The van der Waals surface area contributed by atoms with Gasteiger partial charge in [-0.15, -0.1) is 0 Å². The number of amidine groups is 1. The molecule has 0 saturated heterocycles. The number of nitrogens with zero attached hydrogens (tertiary/aromatic N) is 1. The molecule has 0 aliphatic rings. The minimum atomic E-state index is -4.69. The van der Waals surface area contributed by atoms with E-state index in [2.05, 4.69) is 37.7 Å². The van der Waals surface area contributed by atoms with Crippen LogP contribution in [0.3, 0.4) is 0 Å². The summed E-state index contributed by atoms with van der Waals surface area (Å²) in [6.45, 7) is 12.0. The number of anilines is 1. The summed E-state index contributed by atoms with van der Waals surface area (Å²) in [4.78, 5) is 4.60. The highest BCUT2D eigenvalue weighted by Crippen LogP contribution is 2.16. The van der Waals surface area contributed by atoms with Gasteiger partial charge in [0.25, 0.3) is 0 Å². The molecule has 22 heavy (non-hydrogen) atoms. The lowest BCUT2D eigenvalue weighted by molar-refractivity contribution is -1.92. The van der Waals surface area contributed by atoms with Gasteiger partial charge in [0.2, 0.25) is 0 Å². The van der Waals surface area contributed by atoms with Crippen LogP contribution in [-0.2, 0) is 0 Å². The summed E-state index contributed by atoms with van der Waals surface area (Å²) in [5.74, 6) is 0.805. The zero-order valence-electron chi connectivity index (χ0n) is 12.9. The lowest BCUT2D eigenvalue weighted by Crippen LogP contribution is -2.58. The van der Waals surface area contributed by atoms with Gasteiger partial charge in [-0.25, -0.2) is 0 Å². The van der Waals surface area contributed by atoms with E-state index in [9.17, 15) is 0 Å². The van der Waals surface area contributed by atoms with E-state index >= 15 is 0 Å². The molecule has 0 radical (unpaired) electrons. The number of hydrogen-bond donors (Lipinski definition) is 2. The maximum absolute atomic E-state index is 8.60. The van der Waals surface area contributed by atoms with E-state index in [1.165, 1.54) is 0 Å². The summed E-state index contributed by atoms with van der Waals surface area (Å²) in [6, 6.07) is 7.53. The van der Waals surface area contributed by atoms with Crippen LogP contribution in [0.5, 0.6) is 0 Å². The fourth-order valence-corrected chi connectivity index (χ4v) is 1.36. The first-order chi connectivity index (χ1) is 9.78. The van der Waals surface area contributed by atoms with Gasteiger partial charge in [-0.3, -0.25) is 4.99 Å². The van der Waals surface area contributed by atoms with Crippen molar-refractivity contribution in [3.05, 3.63) is 41.4 Å². The Balaban J connectivity index is 0.000000763. The first-order valence-corrected chi connectivity index (χ1v) is 7.83. The molecule has 0 saturated carbocycles. The van der Waals surface area contributed by atoms with Crippen LogP contribution in [0.2, 0.25) is 5.02 Å². The average molecular weight is 351 g/mol. The molecule has 0 bridgehead atoms. The highest BCUT2D eigenvalue weighted by molar-refractivity contribution is 6.30. The third kappa shape index (κ3) is 12.6. The predicted molar refractivity (Wildman–Crippen MR) is 79.3 cm³/mol. The smallest absolute Gasteiger partial charge is 0.128 e. The molecule has 0 aliphatic heterocycles. The standard InChI is InChI=1S/C14H19ClN2.ClHO4/c1-10(2)13(17-14(3,4)5)16-12-8-6-11(15)7-9-12;2-1(3,4)5/h6-9H,1H2,2-5H3,(H,16,17);(H,2,3,4,5). The van der Waals surface area contributed by atoms with Crippen molar-refractivity contribution in [2.24, 2.45) is 4.99 Å². The van der Waals surface area contributed by atoms with Gasteiger partial charge in [0.15, 0.2) is 0 Å². The van der Waals surface area contributed by atoms with Crippen LogP contribution in [0.4, 0.5) is 5.69 Å². The van der Waals surface area contributed by atoms with E-state index < -0.39 is 10.2 Å². The molecule has 124 valence electrons. The predicted octanol–water partition coefficient (Wildman–Crippen LogP) is 0.401. The zero-order valence-corrected chi connectivity index (χ0v) is 14.4. The van der Waals surface area contributed by atoms with Gasteiger partial charge in [0.05, 0.1) is 20.4 Å². The number of aliphatic imine (C=N–C) groups is 1. The Labute approximate surface area is 137 Å². The Morgan fingerprint density at radius 2 is 1.64 bits per heavy atom. The molecule has 8 heteroatoms. The molecule has 2 N–H and O–H groups in total. The molecule has 0 heterocycles. The molecule has 0 aromatic heterocycles. The molecule has 0 unspecified atom stereocenters. The van der Waals surface area contributed by atoms with Crippen molar-refractivity contribution in [2.75, 3.05) is 5.32 Å². The Kier molecular flexibility index (Phi) is 8.03. The second-order valence-corrected chi connectivity index (χ2v) is 6.67. The normalized spacial score (nSPS) is 12.3. The van der Waals surface area contributed by atoms with Crippen molar-refractivity contribution in [3.63, 3.8) is 0 Å². The highest BCUT2D eigenvalue weighted by atomic mass is 35.7. The molecule has 0 fully saturated rings. The van der Waals surface area contributed by atoms with E-state index in [0.717, 1.165) is 22.1 Å². The first kappa shape index (κ1) is 20.9. The van der Waals surface area contributed by atoms with Crippen molar-refractivity contribution in [3.8, 4) is 0 Å². The number of nitrogens with one attached hydrogen (secondary N) is 1. The van der Waals surface area contributed by atoms with Crippen molar-refractivity contribution in [1.82, 2.24) is 0 Å². The van der Waals surface area contributed by atoms with E-state index in [1.807, 2.05) is 31.2 Å². The largest absolute Gasteiger partial charge is 0.340 e. The molecule has 0 spiro atoms. The molecular weight excluding hydrogens is 331 g/mol. The lowest BCUT2D eigenvalue weighted by Gasteiger charge is -2.17. The van der Waals surface area contributed by atoms with Gasteiger partial charge < -0.3 is 5.32 Å². The monoisotopic (exact) mass is 350 g/mol. The number of rotatable bonds is 2. The van der Waals surface area contributed by atoms with Crippen molar-refractivity contribution < 1.29 is 28.9 Å². The fraction of sp³-hybridized carbons (Fsp3) is 0.357.